The van der Waals surface area contributed by atoms with Crippen LogP contribution in [-0.2, 0) is 16.6 Å². The second kappa shape index (κ2) is 5.41. The average Bonchev–Trinajstić information content (AvgIpc) is 2.92. The van der Waals surface area contributed by atoms with E-state index in [1.165, 1.54) is 29.5 Å². The molecule has 0 spiro atoms. The number of fused-ring (bicyclic) bond motifs is 1. The minimum absolute atomic E-state index is 0.0367. The lowest BCUT2D eigenvalue weighted by atomic mass is 10.3. The van der Waals surface area contributed by atoms with Gasteiger partial charge >= 0.3 is 0 Å². The highest BCUT2D eigenvalue weighted by Gasteiger charge is 2.18. The van der Waals surface area contributed by atoms with Crippen molar-refractivity contribution in [2.75, 3.05) is 0 Å². The molecule has 6 nitrogen and oxygen atoms in total. The summed E-state index contributed by atoms with van der Waals surface area (Å²) >= 11 is 1.43. The summed E-state index contributed by atoms with van der Waals surface area (Å²) in [5.74, 6) is -0.596. The maximum Gasteiger partial charge on any atom is 0.241 e. The van der Waals surface area contributed by atoms with Crippen molar-refractivity contribution < 1.29 is 12.8 Å². The van der Waals surface area contributed by atoms with Crippen LogP contribution in [0.3, 0.4) is 0 Å². The number of aromatic nitrogens is 3. The van der Waals surface area contributed by atoms with Gasteiger partial charge in [-0.1, -0.05) is 17.4 Å². The molecule has 0 fully saturated rings. The van der Waals surface area contributed by atoms with Crippen LogP contribution in [0.1, 0.15) is 16.4 Å². The monoisotopic (exact) mass is 340 g/mol. The fraction of sp³-hybridized carbons (Fsp3) is 0.231. The van der Waals surface area contributed by atoms with Gasteiger partial charge in [-0.3, -0.25) is 0 Å². The minimum Gasteiger partial charge on any atom is -0.223 e. The van der Waals surface area contributed by atoms with Gasteiger partial charge in [0.2, 0.25) is 15.0 Å². The predicted octanol–water partition coefficient (Wildman–Crippen LogP) is 2.03. The molecule has 1 aromatic carbocycles. The zero-order chi connectivity index (χ0) is 15.9. The van der Waals surface area contributed by atoms with E-state index in [2.05, 4.69) is 14.8 Å². The molecule has 0 radical (unpaired) electrons. The molecule has 0 aliphatic rings. The number of benzene rings is 1. The number of sulfonamides is 1. The molecule has 2 aromatic heterocycles. The molecule has 0 atom stereocenters. The van der Waals surface area contributed by atoms with E-state index in [1.807, 2.05) is 6.92 Å². The summed E-state index contributed by atoms with van der Waals surface area (Å²) in [4.78, 5) is 4.95. The van der Waals surface area contributed by atoms with Crippen molar-refractivity contribution in [2.45, 2.75) is 25.3 Å². The third-order valence-corrected chi connectivity index (χ3v) is 5.36. The Morgan fingerprint density at radius 3 is 2.86 bits per heavy atom. The largest absolute Gasteiger partial charge is 0.241 e. The molecule has 0 amide bonds. The highest BCUT2D eigenvalue weighted by Crippen LogP contribution is 2.18. The topological polar surface area (TPSA) is 76.4 Å². The molecule has 0 bridgehead atoms. The SMILES string of the molecule is Cc1nn2c(CNS(=O)(=O)c3cccc(F)c3)c(C)nc2s1. The second-order valence-electron chi connectivity index (χ2n) is 4.74. The van der Waals surface area contributed by atoms with Crippen LogP contribution in [0, 0.1) is 19.7 Å². The Bertz CT molecular complexity index is 946. The lowest BCUT2D eigenvalue weighted by Gasteiger charge is -2.06. The molecular weight excluding hydrogens is 327 g/mol. The van der Waals surface area contributed by atoms with Crippen LogP contribution in [0.4, 0.5) is 4.39 Å². The average molecular weight is 340 g/mol. The van der Waals surface area contributed by atoms with Gasteiger partial charge in [-0.25, -0.2) is 27.0 Å². The predicted molar refractivity (Wildman–Crippen MR) is 80.8 cm³/mol. The van der Waals surface area contributed by atoms with Crippen LogP contribution < -0.4 is 4.72 Å². The first kappa shape index (κ1) is 15.1. The quantitative estimate of drug-likeness (QED) is 0.788. The molecule has 0 saturated carbocycles. The molecule has 116 valence electrons. The van der Waals surface area contributed by atoms with Gasteiger partial charge < -0.3 is 0 Å². The molecule has 22 heavy (non-hydrogen) atoms. The summed E-state index contributed by atoms with van der Waals surface area (Å²) in [6, 6.07) is 4.88. The molecule has 3 rings (SSSR count). The Labute approximate surface area is 130 Å². The van der Waals surface area contributed by atoms with Gasteiger partial charge in [-0.05, 0) is 32.0 Å². The van der Waals surface area contributed by atoms with Crippen LogP contribution in [0.15, 0.2) is 29.2 Å². The number of hydrogen-bond acceptors (Lipinski definition) is 5. The van der Waals surface area contributed by atoms with Crippen LogP contribution in [0.2, 0.25) is 0 Å². The number of nitrogens with one attached hydrogen (secondary N) is 1. The molecule has 0 aliphatic heterocycles. The maximum absolute atomic E-state index is 13.2. The number of halogens is 1. The Morgan fingerprint density at radius 1 is 1.36 bits per heavy atom. The van der Waals surface area contributed by atoms with Crippen molar-refractivity contribution in [1.82, 2.24) is 19.3 Å². The first-order valence-electron chi connectivity index (χ1n) is 6.44. The lowest BCUT2D eigenvalue weighted by molar-refractivity contribution is 0.575. The third-order valence-electron chi connectivity index (χ3n) is 3.13. The molecule has 1 N–H and O–H groups in total. The van der Waals surface area contributed by atoms with Gasteiger partial charge in [-0.2, -0.15) is 5.10 Å². The molecule has 0 saturated heterocycles. The Morgan fingerprint density at radius 2 is 2.14 bits per heavy atom. The number of aryl methyl sites for hydroxylation is 2. The van der Waals surface area contributed by atoms with Crippen molar-refractivity contribution in [2.24, 2.45) is 0 Å². The van der Waals surface area contributed by atoms with Gasteiger partial charge in [0.1, 0.15) is 10.8 Å². The van der Waals surface area contributed by atoms with E-state index in [-0.39, 0.29) is 11.4 Å². The van der Waals surface area contributed by atoms with E-state index >= 15 is 0 Å². The van der Waals surface area contributed by atoms with Crippen LogP contribution >= 0.6 is 11.3 Å². The minimum atomic E-state index is -3.79. The van der Waals surface area contributed by atoms with Crippen LogP contribution in [0.5, 0.6) is 0 Å². The van der Waals surface area contributed by atoms with Crippen molar-refractivity contribution in [3.05, 3.63) is 46.5 Å². The fourth-order valence-corrected chi connectivity index (χ4v) is 3.90. The first-order valence-corrected chi connectivity index (χ1v) is 8.73. The van der Waals surface area contributed by atoms with Crippen molar-refractivity contribution in [3.63, 3.8) is 0 Å². The summed E-state index contributed by atoms with van der Waals surface area (Å²) in [5, 5.41) is 5.14. The number of imidazole rings is 1. The normalized spacial score (nSPS) is 12.1. The van der Waals surface area contributed by atoms with Crippen molar-refractivity contribution >= 4 is 26.3 Å². The van der Waals surface area contributed by atoms with Gasteiger partial charge in [0.05, 0.1) is 22.8 Å². The highest BCUT2D eigenvalue weighted by atomic mass is 32.2. The van der Waals surface area contributed by atoms with E-state index in [1.54, 1.807) is 11.4 Å². The maximum atomic E-state index is 13.2. The van der Waals surface area contributed by atoms with Crippen LogP contribution in [-0.4, -0.2) is 23.0 Å². The fourth-order valence-electron chi connectivity index (χ4n) is 2.07. The van der Waals surface area contributed by atoms with Crippen molar-refractivity contribution in [1.29, 1.82) is 0 Å². The Kier molecular flexibility index (Phi) is 3.71. The smallest absolute Gasteiger partial charge is 0.223 e. The van der Waals surface area contributed by atoms with E-state index in [4.69, 9.17) is 0 Å². The first-order chi connectivity index (χ1) is 10.4. The molecular formula is C13H13FN4O2S2. The van der Waals surface area contributed by atoms with Crippen molar-refractivity contribution in [3.8, 4) is 0 Å². The molecule has 2 heterocycles. The van der Waals surface area contributed by atoms with Gasteiger partial charge in [0, 0.05) is 0 Å². The van der Waals surface area contributed by atoms with E-state index in [0.29, 0.717) is 11.4 Å². The summed E-state index contributed by atoms with van der Waals surface area (Å²) in [7, 11) is -3.79. The molecule has 0 unspecified atom stereocenters. The zero-order valence-electron chi connectivity index (χ0n) is 11.9. The number of hydrogen-bond donors (Lipinski definition) is 1. The van der Waals surface area contributed by atoms with E-state index in [0.717, 1.165) is 16.0 Å². The van der Waals surface area contributed by atoms with Gasteiger partial charge in [0.25, 0.3) is 0 Å². The summed E-state index contributed by atoms with van der Waals surface area (Å²) in [5.41, 5.74) is 1.38. The second-order valence-corrected chi connectivity index (χ2v) is 7.67. The zero-order valence-corrected chi connectivity index (χ0v) is 13.5. The number of rotatable bonds is 4. The summed E-state index contributed by atoms with van der Waals surface area (Å²) < 4.78 is 41.7. The van der Waals surface area contributed by atoms with Gasteiger partial charge in [0.15, 0.2) is 0 Å². The van der Waals surface area contributed by atoms with Crippen LogP contribution in [0.25, 0.3) is 4.96 Å². The number of nitrogens with zero attached hydrogens (tertiary/aromatic N) is 3. The van der Waals surface area contributed by atoms with Gasteiger partial charge in [-0.15, -0.1) is 0 Å². The highest BCUT2D eigenvalue weighted by molar-refractivity contribution is 7.89. The Balaban J connectivity index is 1.88. The standard InChI is InChI=1S/C13H13FN4O2S2/c1-8-12(18-13(16-8)21-9(2)17-18)7-15-22(19,20)11-5-3-4-10(14)6-11/h3-6,15H,7H2,1-2H3. The third kappa shape index (κ3) is 2.74. The lowest BCUT2D eigenvalue weighted by Crippen LogP contribution is -2.24. The van der Waals surface area contributed by atoms with E-state index < -0.39 is 15.8 Å². The Hall–Kier alpha value is -1.84. The molecule has 9 heteroatoms. The summed E-state index contributed by atoms with van der Waals surface area (Å²) in [6.45, 7) is 3.69. The summed E-state index contributed by atoms with van der Waals surface area (Å²) in [6.07, 6.45) is 0. The molecule has 0 aliphatic carbocycles. The molecule has 3 aromatic rings. The van der Waals surface area contributed by atoms with E-state index in [9.17, 15) is 12.8 Å².